The lowest BCUT2D eigenvalue weighted by atomic mass is 10.1. The average molecular weight is 521 g/mol. The maximum absolute atomic E-state index is 13.3. The van der Waals surface area contributed by atoms with E-state index in [1.807, 2.05) is 28.7 Å². The zero-order valence-electron chi connectivity index (χ0n) is 17.9. The molecule has 3 aromatic heterocycles. The second-order valence-corrected chi connectivity index (χ2v) is 10.0. The monoisotopic (exact) mass is 520 g/mol. The van der Waals surface area contributed by atoms with Crippen molar-refractivity contribution in [3.8, 4) is 5.69 Å². The fourth-order valence-electron chi connectivity index (χ4n) is 3.97. The van der Waals surface area contributed by atoms with E-state index in [-0.39, 0.29) is 16.6 Å². The Morgan fingerprint density at radius 2 is 1.88 bits per heavy atom. The highest BCUT2D eigenvalue weighted by Crippen LogP contribution is 2.37. The molecule has 0 fully saturated rings. The van der Waals surface area contributed by atoms with Gasteiger partial charge in [0.05, 0.1) is 26.6 Å². The molecule has 0 spiro atoms. The molecule has 174 valence electrons. The smallest absolute Gasteiger partial charge is 0.318 e. The molecule has 0 aliphatic heterocycles. The number of benzene rings is 2. The Hall–Kier alpha value is -2.82. The molecule has 0 aliphatic carbocycles. The maximum atomic E-state index is 13.3. The molecule has 11 heteroatoms. The zero-order valence-corrected chi connectivity index (χ0v) is 20.2. The Kier molecular flexibility index (Phi) is 5.70. The van der Waals surface area contributed by atoms with Crippen molar-refractivity contribution in [2.75, 3.05) is 5.75 Å². The molecule has 34 heavy (non-hydrogen) atoms. The van der Waals surface area contributed by atoms with Crippen molar-refractivity contribution in [1.82, 2.24) is 19.2 Å². The number of aromatic nitrogens is 4. The number of halogens is 4. The van der Waals surface area contributed by atoms with E-state index in [2.05, 4.69) is 10.2 Å². The first-order valence-electron chi connectivity index (χ1n) is 10.1. The minimum Gasteiger partial charge on any atom is -0.318 e. The van der Waals surface area contributed by atoms with Crippen LogP contribution in [0.25, 0.3) is 20.9 Å². The van der Waals surface area contributed by atoms with Crippen LogP contribution in [0.4, 0.5) is 13.2 Å². The van der Waals surface area contributed by atoms with E-state index in [1.54, 1.807) is 24.5 Å². The van der Waals surface area contributed by atoms with Gasteiger partial charge in [0.15, 0.2) is 10.9 Å². The Morgan fingerprint density at radius 1 is 1.12 bits per heavy atom. The Balaban J connectivity index is 1.43. The summed E-state index contributed by atoms with van der Waals surface area (Å²) in [5.74, 6) is -0.0328. The summed E-state index contributed by atoms with van der Waals surface area (Å²) in [5.41, 5.74) is 2.01. The van der Waals surface area contributed by atoms with Gasteiger partial charge in [0.1, 0.15) is 0 Å². The highest BCUT2D eigenvalue weighted by Gasteiger charge is 2.33. The minimum atomic E-state index is -4.58. The Labute approximate surface area is 205 Å². The van der Waals surface area contributed by atoms with Crippen LogP contribution in [0, 0.1) is 13.8 Å². The van der Waals surface area contributed by atoms with Gasteiger partial charge in [-0.2, -0.15) is 13.2 Å². The summed E-state index contributed by atoms with van der Waals surface area (Å²) in [7, 11) is 0. The van der Waals surface area contributed by atoms with Crippen molar-refractivity contribution in [3.63, 3.8) is 0 Å². The van der Waals surface area contributed by atoms with Gasteiger partial charge < -0.3 is 4.57 Å². The van der Waals surface area contributed by atoms with Crippen LogP contribution in [0.2, 0.25) is 5.02 Å². The number of ketones is 1. The second kappa shape index (κ2) is 8.44. The van der Waals surface area contributed by atoms with Crippen LogP contribution in [0.5, 0.6) is 0 Å². The fraction of sp³-hybridized carbons (Fsp3) is 0.174. The van der Waals surface area contributed by atoms with Gasteiger partial charge in [-0.1, -0.05) is 46.8 Å². The molecule has 3 heterocycles. The average Bonchev–Trinajstić information content (AvgIpc) is 3.44. The molecule has 2 aromatic carbocycles. The predicted octanol–water partition coefficient (Wildman–Crippen LogP) is 7.00. The first kappa shape index (κ1) is 22.9. The van der Waals surface area contributed by atoms with Crippen molar-refractivity contribution < 1.29 is 18.0 Å². The molecule has 0 saturated heterocycles. The van der Waals surface area contributed by atoms with Crippen molar-refractivity contribution in [2.24, 2.45) is 0 Å². The maximum Gasteiger partial charge on any atom is 0.417 e. The van der Waals surface area contributed by atoms with Crippen LogP contribution in [0.15, 0.2) is 53.7 Å². The lowest BCUT2D eigenvalue weighted by molar-refractivity contribution is -0.137. The molecule has 0 N–H and O–H groups in total. The molecule has 5 rings (SSSR count). The van der Waals surface area contributed by atoms with Crippen LogP contribution in [0.3, 0.4) is 0 Å². The summed E-state index contributed by atoms with van der Waals surface area (Å²) >= 11 is 8.56. The number of thioether (sulfide) groups is 1. The van der Waals surface area contributed by atoms with E-state index in [4.69, 9.17) is 11.6 Å². The number of alkyl halides is 3. The normalized spacial score (nSPS) is 12.2. The number of Topliss-reactive ketones (excluding diaryl/α,β-unsaturated/α-hetero) is 1. The molecule has 0 aliphatic rings. The van der Waals surface area contributed by atoms with Crippen LogP contribution in [0.1, 0.15) is 27.3 Å². The van der Waals surface area contributed by atoms with E-state index < -0.39 is 11.7 Å². The Morgan fingerprint density at radius 3 is 2.65 bits per heavy atom. The molecular weight excluding hydrogens is 505 g/mol. The second-order valence-electron chi connectivity index (χ2n) is 7.66. The van der Waals surface area contributed by atoms with Gasteiger partial charge in [-0.15, -0.1) is 10.2 Å². The number of rotatable bonds is 5. The number of hydrogen-bond donors (Lipinski definition) is 0. The SMILES string of the molecule is Cc1cc(C(=O)CSc2nnc3sc4ccccc4n23)c(C)n1-c1ccc(Cl)c(C(F)(F)F)c1. The minimum absolute atomic E-state index is 0.115. The van der Waals surface area contributed by atoms with Crippen LogP contribution in [-0.2, 0) is 6.18 Å². The molecule has 0 unspecified atom stereocenters. The molecule has 5 aromatic rings. The summed E-state index contributed by atoms with van der Waals surface area (Å²) in [6, 6.07) is 13.3. The van der Waals surface area contributed by atoms with Gasteiger partial charge in [0.25, 0.3) is 0 Å². The summed E-state index contributed by atoms with van der Waals surface area (Å²) in [5, 5.41) is 8.67. The van der Waals surface area contributed by atoms with E-state index in [9.17, 15) is 18.0 Å². The van der Waals surface area contributed by atoms with E-state index >= 15 is 0 Å². The van der Waals surface area contributed by atoms with E-state index in [0.717, 1.165) is 21.2 Å². The van der Waals surface area contributed by atoms with Crippen molar-refractivity contribution >= 4 is 55.7 Å². The van der Waals surface area contributed by atoms with Crippen molar-refractivity contribution in [1.29, 1.82) is 0 Å². The van der Waals surface area contributed by atoms with Crippen molar-refractivity contribution in [2.45, 2.75) is 25.2 Å². The third-order valence-electron chi connectivity index (χ3n) is 5.49. The number of fused-ring (bicyclic) bond motifs is 3. The third kappa shape index (κ3) is 3.89. The zero-order chi connectivity index (χ0) is 24.2. The molecule has 0 amide bonds. The predicted molar refractivity (Wildman–Crippen MR) is 129 cm³/mol. The number of nitrogens with zero attached hydrogens (tertiary/aromatic N) is 4. The summed E-state index contributed by atoms with van der Waals surface area (Å²) in [6.45, 7) is 3.47. The topological polar surface area (TPSA) is 52.2 Å². The number of para-hydroxylation sites is 1. The largest absolute Gasteiger partial charge is 0.417 e. The van der Waals surface area contributed by atoms with Gasteiger partial charge in [0, 0.05) is 22.6 Å². The standard InChI is InChI=1S/C23H16ClF3N4OS2/c1-12-9-15(13(2)30(12)14-7-8-17(24)16(10-14)23(25,26)27)19(32)11-33-21-28-29-22-31(21)18-5-3-4-6-20(18)34-22/h3-10H,11H2,1-2H3. The van der Waals surface area contributed by atoms with E-state index in [0.29, 0.717) is 27.8 Å². The van der Waals surface area contributed by atoms with E-state index in [1.165, 1.54) is 35.2 Å². The van der Waals surface area contributed by atoms with Gasteiger partial charge in [-0.3, -0.25) is 9.20 Å². The molecule has 0 atom stereocenters. The number of thiazole rings is 1. The molecule has 0 bridgehead atoms. The first-order chi connectivity index (χ1) is 16.1. The number of hydrogen-bond acceptors (Lipinski definition) is 5. The molecular formula is C23H16ClF3N4OS2. The highest BCUT2D eigenvalue weighted by atomic mass is 35.5. The number of carbonyl (C=O) groups is 1. The molecule has 5 nitrogen and oxygen atoms in total. The molecule has 0 saturated carbocycles. The molecule has 0 radical (unpaired) electrons. The Bertz CT molecular complexity index is 1570. The van der Waals surface area contributed by atoms with Gasteiger partial charge in [0.2, 0.25) is 4.96 Å². The fourth-order valence-corrected chi connectivity index (χ4v) is 6.04. The van der Waals surface area contributed by atoms with Crippen molar-refractivity contribution in [3.05, 3.63) is 76.1 Å². The van der Waals surface area contributed by atoms with Gasteiger partial charge >= 0.3 is 6.18 Å². The lowest BCUT2D eigenvalue weighted by Gasteiger charge is -2.14. The quantitative estimate of drug-likeness (QED) is 0.185. The van der Waals surface area contributed by atoms with Gasteiger partial charge in [-0.25, -0.2) is 0 Å². The first-order valence-corrected chi connectivity index (χ1v) is 12.3. The number of carbonyl (C=O) groups excluding carboxylic acids is 1. The lowest BCUT2D eigenvalue weighted by Crippen LogP contribution is -2.09. The highest BCUT2D eigenvalue weighted by molar-refractivity contribution is 7.99. The van der Waals surface area contributed by atoms with Gasteiger partial charge in [-0.05, 0) is 50.2 Å². The van der Waals surface area contributed by atoms with Crippen LogP contribution < -0.4 is 0 Å². The number of aryl methyl sites for hydroxylation is 1. The summed E-state index contributed by atoms with van der Waals surface area (Å²) < 4.78 is 44.6. The third-order valence-corrected chi connectivity index (χ3v) is 7.76. The van der Waals surface area contributed by atoms with Crippen LogP contribution >= 0.6 is 34.7 Å². The summed E-state index contributed by atoms with van der Waals surface area (Å²) in [4.78, 5) is 13.8. The summed E-state index contributed by atoms with van der Waals surface area (Å²) in [6.07, 6.45) is -4.58. The van der Waals surface area contributed by atoms with Crippen LogP contribution in [-0.4, -0.2) is 30.7 Å².